The zero-order valence-electron chi connectivity index (χ0n) is 12.3. The van der Waals surface area contributed by atoms with Crippen LogP contribution in [-0.4, -0.2) is 41.4 Å². The van der Waals surface area contributed by atoms with Gasteiger partial charge in [0.2, 0.25) is 0 Å². The van der Waals surface area contributed by atoms with Gasteiger partial charge in [0.25, 0.3) is 10.1 Å². The van der Waals surface area contributed by atoms with E-state index in [1.54, 1.807) is 19.9 Å². The Bertz CT molecular complexity index is 659. The van der Waals surface area contributed by atoms with E-state index < -0.39 is 28.4 Å². The molecular formula is C13H20N2O6S. The molecule has 0 spiro atoms. The largest absolute Gasteiger partial charge is 0.480 e. The number of aliphatic hydroxyl groups excluding tert-OH is 1. The van der Waals surface area contributed by atoms with Crippen LogP contribution < -0.4 is 11.1 Å². The molecule has 0 aliphatic carbocycles. The first-order valence-corrected chi connectivity index (χ1v) is 7.98. The number of hydrogen-bond donors (Lipinski definition) is 5. The van der Waals surface area contributed by atoms with Crippen LogP contribution >= 0.6 is 0 Å². The molecule has 0 saturated heterocycles. The number of benzene rings is 1. The van der Waals surface area contributed by atoms with Crippen LogP contribution in [0.5, 0.6) is 0 Å². The second kappa shape index (κ2) is 7.05. The van der Waals surface area contributed by atoms with Crippen molar-refractivity contribution in [2.24, 2.45) is 5.73 Å². The van der Waals surface area contributed by atoms with Crippen molar-refractivity contribution in [1.82, 2.24) is 0 Å². The molecule has 0 fully saturated rings. The van der Waals surface area contributed by atoms with Crippen molar-refractivity contribution in [1.29, 1.82) is 0 Å². The number of hydrogen-bond acceptors (Lipinski definition) is 6. The summed E-state index contributed by atoms with van der Waals surface area (Å²) < 4.78 is 31.7. The number of nitrogens with two attached hydrogens (primary N) is 1. The molecule has 1 aromatic rings. The van der Waals surface area contributed by atoms with Gasteiger partial charge in [0, 0.05) is 5.69 Å². The van der Waals surface area contributed by atoms with Gasteiger partial charge in [-0.2, -0.15) is 8.42 Å². The molecule has 9 heteroatoms. The number of aliphatic carboxylic acids is 1. The molecule has 0 amide bonds. The van der Waals surface area contributed by atoms with E-state index in [0.717, 1.165) is 0 Å². The predicted octanol–water partition coefficient (Wildman–Crippen LogP) is 0.473. The van der Waals surface area contributed by atoms with Gasteiger partial charge in [-0.15, -0.1) is 0 Å². The standard InChI is InChI=1S/C13H20N2O6S/c1-7-5-8(2)11(22(19,20)21)6-10(7)15-12(16)4-3-9(14)13(17)18/h5-6,9,12,15-16H,3-4,14H2,1-2H3,(H,17,18)(H,19,20,21). The quantitative estimate of drug-likeness (QED) is 0.357. The number of carboxylic acids is 1. The molecule has 0 aromatic heterocycles. The summed E-state index contributed by atoms with van der Waals surface area (Å²) in [6.07, 6.45) is -0.970. The van der Waals surface area contributed by atoms with Crippen LogP contribution in [0.1, 0.15) is 24.0 Å². The van der Waals surface area contributed by atoms with Gasteiger partial charge >= 0.3 is 5.97 Å². The normalized spacial score (nSPS) is 14.4. The van der Waals surface area contributed by atoms with Crippen LogP contribution in [0, 0.1) is 13.8 Å². The third-order valence-corrected chi connectivity index (χ3v) is 4.19. The Morgan fingerprint density at radius 1 is 1.27 bits per heavy atom. The van der Waals surface area contributed by atoms with E-state index in [1.165, 1.54) is 6.07 Å². The van der Waals surface area contributed by atoms with Gasteiger partial charge in [-0.25, -0.2) is 0 Å². The molecule has 6 N–H and O–H groups in total. The van der Waals surface area contributed by atoms with Crippen molar-refractivity contribution >= 4 is 21.8 Å². The summed E-state index contributed by atoms with van der Waals surface area (Å²) in [7, 11) is -4.36. The SMILES string of the molecule is Cc1cc(C)c(S(=O)(=O)O)cc1NC(O)CCC(N)C(=O)O. The van der Waals surface area contributed by atoms with Crippen LogP contribution in [0.2, 0.25) is 0 Å². The third kappa shape index (κ3) is 4.95. The summed E-state index contributed by atoms with van der Waals surface area (Å²) in [5.74, 6) is -1.16. The van der Waals surface area contributed by atoms with Gasteiger partial charge in [-0.05, 0) is 43.9 Å². The lowest BCUT2D eigenvalue weighted by Crippen LogP contribution is -2.32. The monoisotopic (exact) mass is 332 g/mol. The van der Waals surface area contributed by atoms with Crippen molar-refractivity contribution in [3.05, 3.63) is 23.3 Å². The highest BCUT2D eigenvalue weighted by atomic mass is 32.2. The Hall–Kier alpha value is -1.68. The predicted molar refractivity (Wildman–Crippen MR) is 80.2 cm³/mol. The van der Waals surface area contributed by atoms with Crippen molar-refractivity contribution in [2.75, 3.05) is 5.32 Å². The van der Waals surface area contributed by atoms with E-state index in [4.69, 9.17) is 15.4 Å². The Balaban J connectivity index is 2.87. The maximum Gasteiger partial charge on any atom is 0.320 e. The number of nitrogens with one attached hydrogen (secondary N) is 1. The Morgan fingerprint density at radius 3 is 2.36 bits per heavy atom. The van der Waals surface area contributed by atoms with Crippen molar-refractivity contribution in [2.45, 2.75) is 43.9 Å². The fourth-order valence-corrected chi connectivity index (χ4v) is 2.71. The molecular weight excluding hydrogens is 312 g/mol. The number of aryl methyl sites for hydroxylation is 2. The molecule has 0 radical (unpaired) electrons. The number of aliphatic hydroxyl groups is 1. The summed E-state index contributed by atoms with van der Waals surface area (Å²) in [6, 6.07) is 1.70. The molecule has 0 aliphatic heterocycles. The number of carbonyl (C=O) groups is 1. The molecule has 1 aromatic carbocycles. The summed E-state index contributed by atoms with van der Waals surface area (Å²) in [6.45, 7) is 3.25. The second-order valence-electron chi connectivity index (χ2n) is 5.09. The van der Waals surface area contributed by atoms with Gasteiger partial charge in [0.15, 0.2) is 0 Å². The maximum atomic E-state index is 11.3. The summed E-state index contributed by atoms with van der Waals surface area (Å²) >= 11 is 0. The maximum absolute atomic E-state index is 11.3. The van der Waals surface area contributed by atoms with Crippen LogP contribution in [0.3, 0.4) is 0 Å². The van der Waals surface area contributed by atoms with Gasteiger partial charge < -0.3 is 21.3 Å². The average Bonchev–Trinajstić information content (AvgIpc) is 2.37. The molecule has 2 unspecified atom stereocenters. The van der Waals surface area contributed by atoms with Gasteiger partial charge in [0.05, 0.1) is 4.90 Å². The highest BCUT2D eigenvalue weighted by Gasteiger charge is 2.18. The number of carboxylic acid groups (broad SMARTS) is 1. The van der Waals surface area contributed by atoms with Crippen LogP contribution in [0.4, 0.5) is 5.69 Å². The minimum Gasteiger partial charge on any atom is -0.480 e. The highest BCUT2D eigenvalue weighted by Crippen LogP contribution is 2.25. The summed E-state index contributed by atoms with van der Waals surface area (Å²) in [5.41, 5.74) is 6.72. The van der Waals surface area contributed by atoms with Crippen molar-refractivity contribution < 1.29 is 28.0 Å². The fourth-order valence-electron chi connectivity index (χ4n) is 1.98. The van der Waals surface area contributed by atoms with E-state index in [9.17, 15) is 18.3 Å². The third-order valence-electron chi connectivity index (χ3n) is 3.19. The van der Waals surface area contributed by atoms with E-state index in [0.29, 0.717) is 16.8 Å². The lowest BCUT2D eigenvalue weighted by molar-refractivity contribution is -0.138. The highest BCUT2D eigenvalue weighted by molar-refractivity contribution is 7.85. The topological polar surface area (TPSA) is 150 Å². The molecule has 1 rings (SSSR count). The zero-order chi connectivity index (χ0) is 17.1. The van der Waals surface area contributed by atoms with Crippen molar-refractivity contribution in [3.63, 3.8) is 0 Å². The minimum absolute atomic E-state index is 0.0551. The molecule has 8 nitrogen and oxygen atoms in total. The fraction of sp³-hybridized carbons (Fsp3) is 0.462. The number of rotatable bonds is 7. The van der Waals surface area contributed by atoms with Gasteiger partial charge in [0.1, 0.15) is 12.3 Å². The van der Waals surface area contributed by atoms with E-state index >= 15 is 0 Å². The van der Waals surface area contributed by atoms with E-state index in [-0.39, 0.29) is 17.7 Å². The van der Waals surface area contributed by atoms with E-state index in [2.05, 4.69) is 5.32 Å². The lowest BCUT2D eigenvalue weighted by atomic mass is 10.1. The van der Waals surface area contributed by atoms with Crippen LogP contribution in [-0.2, 0) is 14.9 Å². The summed E-state index contributed by atoms with van der Waals surface area (Å²) in [5, 5.41) is 21.2. The lowest BCUT2D eigenvalue weighted by Gasteiger charge is -2.18. The molecule has 2 atom stereocenters. The van der Waals surface area contributed by atoms with Gasteiger partial charge in [-0.3, -0.25) is 9.35 Å². The first-order chi connectivity index (χ1) is 10.0. The molecule has 0 aliphatic rings. The molecule has 124 valence electrons. The molecule has 0 saturated carbocycles. The van der Waals surface area contributed by atoms with Crippen LogP contribution in [0.15, 0.2) is 17.0 Å². The molecule has 0 bridgehead atoms. The second-order valence-corrected chi connectivity index (χ2v) is 6.48. The van der Waals surface area contributed by atoms with E-state index in [1.807, 2.05) is 0 Å². The smallest absolute Gasteiger partial charge is 0.320 e. The first-order valence-electron chi connectivity index (χ1n) is 6.54. The molecule has 0 heterocycles. The Morgan fingerprint density at radius 2 is 1.86 bits per heavy atom. The van der Waals surface area contributed by atoms with Gasteiger partial charge in [-0.1, -0.05) is 6.07 Å². The average molecular weight is 332 g/mol. The first kappa shape index (κ1) is 18.4. The van der Waals surface area contributed by atoms with Crippen LogP contribution in [0.25, 0.3) is 0 Å². The zero-order valence-corrected chi connectivity index (χ0v) is 13.1. The number of anilines is 1. The minimum atomic E-state index is -4.36. The molecule has 22 heavy (non-hydrogen) atoms. The van der Waals surface area contributed by atoms with Crippen molar-refractivity contribution in [3.8, 4) is 0 Å². The Labute approximate surface area is 128 Å². The Kier molecular flexibility index (Phi) is 5.89. The summed E-state index contributed by atoms with van der Waals surface area (Å²) in [4.78, 5) is 10.3.